The van der Waals surface area contributed by atoms with Crippen LogP contribution in [0.3, 0.4) is 0 Å². The number of hydrogen-bond donors (Lipinski definition) is 4. The molecule has 1 aliphatic carbocycles. The van der Waals surface area contributed by atoms with Gasteiger partial charge in [0, 0.05) is 44.3 Å². The van der Waals surface area contributed by atoms with Crippen molar-refractivity contribution in [1.82, 2.24) is 25.3 Å². The van der Waals surface area contributed by atoms with Crippen LogP contribution in [-0.2, 0) is 9.53 Å². The number of aliphatic hydroxyl groups excluding tert-OH is 2. The monoisotopic (exact) mass is 486 g/mol. The summed E-state index contributed by atoms with van der Waals surface area (Å²) < 4.78 is 7.14. The maximum absolute atomic E-state index is 13.3. The number of amides is 1. The Kier molecular flexibility index (Phi) is 6.79. The number of nitrogens with one attached hydrogen (secondary N) is 2. The Morgan fingerprint density at radius 2 is 1.94 bits per heavy atom. The highest BCUT2D eigenvalue weighted by Gasteiger charge is 2.53. The fraction of sp³-hybridized carbons (Fsp3) is 0.522. The van der Waals surface area contributed by atoms with Crippen LogP contribution in [0.25, 0.3) is 5.69 Å². The quantitative estimate of drug-likeness (QED) is 0.401. The van der Waals surface area contributed by atoms with Crippen molar-refractivity contribution in [2.75, 3.05) is 44.3 Å². The number of rotatable bonds is 6. The number of thiocarbonyl (C=S) groups is 1. The molecule has 0 bridgehead atoms. The maximum atomic E-state index is 13.3. The zero-order valence-corrected chi connectivity index (χ0v) is 19.6. The van der Waals surface area contributed by atoms with Crippen LogP contribution < -0.4 is 15.5 Å². The minimum Gasteiger partial charge on any atom is -0.390 e. The van der Waals surface area contributed by atoms with Crippen molar-refractivity contribution in [3.63, 3.8) is 0 Å². The smallest absolute Gasteiger partial charge is 0.225 e. The number of carbonyl (C=O) groups excluding carboxylic acids is 1. The second-order valence-electron chi connectivity index (χ2n) is 8.95. The second-order valence-corrected chi connectivity index (χ2v) is 9.33. The van der Waals surface area contributed by atoms with E-state index in [2.05, 4.69) is 20.6 Å². The summed E-state index contributed by atoms with van der Waals surface area (Å²) in [6, 6.07) is 8.63. The molecule has 2 aromatic rings. The van der Waals surface area contributed by atoms with E-state index in [1.54, 1.807) is 10.9 Å². The van der Waals surface area contributed by atoms with E-state index in [1.165, 1.54) is 0 Å². The van der Waals surface area contributed by atoms with Gasteiger partial charge >= 0.3 is 0 Å². The number of ether oxygens (including phenoxy) is 1. The minimum absolute atomic E-state index is 0.140. The molecular weight excluding hydrogens is 456 g/mol. The molecule has 11 heteroatoms. The Bertz CT molecular complexity index is 997. The number of benzene rings is 1. The Morgan fingerprint density at radius 3 is 2.65 bits per heavy atom. The lowest BCUT2D eigenvalue weighted by atomic mass is 9.77. The van der Waals surface area contributed by atoms with Crippen molar-refractivity contribution in [1.29, 1.82) is 0 Å². The normalized spacial score (nSPS) is 29.5. The Balaban J connectivity index is 1.33. The van der Waals surface area contributed by atoms with Crippen molar-refractivity contribution in [2.24, 2.45) is 5.92 Å². The van der Waals surface area contributed by atoms with Crippen LogP contribution in [0.2, 0.25) is 0 Å². The molecule has 0 spiro atoms. The first-order chi connectivity index (χ1) is 16.5. The van der Waals surface area contributed by atoms with E-state index in [4.69, 9.17) is 17.0 Å². The number of hydrogen-bond acceptors (Lipinski definition) is 7. The average Bonchev–Trinajstić information content (AvgIpc) is 3.50. The van der Waals surface area contributed by atoms with Crippen molar-refractivity contribution in [2.45, 2.75) is 30.7 Å². The highest BCUT2D eigenvalue weighted by Crippen LogP contribution is 2.37. The van der Waals surface area contributed by atoms with Crippen molar-refractivity contribution < 1.29 is 19.7 Å². The van der Waals surface area contributed by atoms with Gasteiger partial charge in [-0.1, -0.05) is 0 Å². The molecule has 1 aromatic heterocycles. The van der Waals surface area contributed by atoms with E-state index in [0.717, 1.165) is 31.0 Å². The lowest BCUT2D eigenvalue weighted by molar-refractivity contribution is -0.131. The summed E-state index contributed by atoms with van der Waals surface area (Å²) in [7, 11) is 0. The first kappa shape index (κ1) is 23.2. The van der Waals surface area contributed by atoms with Crippen LogP contribution in [0.1, 0.15) is 6.42 Å². The van der Waals surface area contributed by atoms with Gasteiger partial charge in [0.15, 0.2) is 5.11 Å². The summed E-state index contributed by atoms with van der Waals surface area (Å²) in [5.41, 5.74) is 1.72. The molecule has 10 nitrogen and oxygen atoms in total. The molecule has 1 saturated carbocycles. The van der Waals surface area contributed by atoms with Gasteiger partial charge in [-0.05, 0) is 49.0 Å². The molecule has 5 atom stereocenters. The van der Waals surface area contributed by atoms with E-state index < -0.39 is 30.2 Å². The number of aromatic nitrogens is 2. The molecule has 182 valence electrons. The van der Waals surface area contributed by atoms with E-state index in [9.17, 15) is 15.0 Å². The van der Waals surface area contributed by atoms with E-state index in [0.29, 0.717) is 24.9 Å². The van der Waals surface area contributed by atoms with Gasteiger partial charge in [-0.2, -0.15) is 5.10 Å². The maximum Gasteiger partial charge on any atom is 0.225 e. The third kappa shape index (κ3) is 4.53. The standard InChI is InChI=1S/C23H30N6O4S/c30-18-14-17(22(32)24-7-9-27-10-12-33-13-11-27)20-19(21(18)31)26-23(34)29(20)16-4-2-15(3-5-16)28-8-1-6-25-28/h1-6,8,17-21,30-31H,7,9-14H2,(H,24,32)(H,26,34). The fourth-order valence-electron chi connectivity index (χ4n) is 5.12. The van der Waals surface area contributed by atoms with Gasteiger partial charge in [0.25, 0.3) is 0 Å². The summed E-state index contributed by atoms with van der Waals surface area (Å²) in [5, 5.41) is 32.0. The molecule has 3 fully saturated rings. The molecule has 34 heavy (non-hydrogen) atoms. The van der Waals surface area contributed by atoms with Crippen molar-refractivity contribution >= 4 is 28.9 Å². The lowest BCUT2D eigenvalue weighted by Gasteiger charge is -2.41. The highest BCUT2D eigenvalue weighted by molar-refractivity contribution is 7.80. The highest BCUT2D eigenvalue weighted by atomic mass is 32.1. The number of fused-ring (bicyclic) bond motifs is 1. The number of nitrogens with zero attached hydrogens (tertiary/aromatic N) is 4. The van der Waals surface area contributed by atoms with E-state index >= 15 is 0 Å². The third-order valence-electron chi connectivity index (χ3n) is 6.91. The third-order valence-corrected chi connectivity index (χ3v) is 7.22. The minimum atomic E-state index is -1.02. The topological polar surface area (TPSA) is 115 Å². The van der Waals surface area contributed by atoms with Gasteiger partial charge in [-0.3, -0.25) is 9.69 Å². The second kappa shape index (κ2) is 9.96. The largest absolute Gasteiger partial charge is 0.390 e. The predicted octanol–water partition coefficient (Wildman–Crippen LogP) is -0.506. The summed E-state index contributed by atoms with van der Waals surface area (Å²) in [6.45, 7) is 4.40. The van der Waals surface area contributed by atoms with Gasteiger partial charge in [0.2, 0.25) is 5.91 Å². The number of aliphatic hydroxyl groups is 2. The van der Waals surface area contributed by atoms with Crippen LogP contribution in [0.15, 0.2) is 42.7 Å². The lowest BCUT2D eigenvalue weighted by Crippen LogP contribution is -2.61. The Labute approximate surface area is 203 Å². The van der Waals surface area contributed by atoms with Crippen LogP contribution in [0, 0.1) is 5.92 Å². The van der Waals surface area contributed by atoms with Crippen LogP contribution >= 0.6 is 12.2 Å². The molecule has 0 radical (unpaired) electrons. The predicted molar refractivity (Wildman–Crippen MR) is 130 cm³/mol. The van der Waals surface area contributed by atoms with Crippen LogP contribution in [0.4, 0.5) is 5.69 Å². The van der Waals surface area contributed by atoms with Gasteiger partial charge in [-0.25, -0.2) is 4.68 Å². The molecule has 2 aliphatic heterocycles. The Morgan fingerprint density at radius 1 is 1.21 bits per heavy atom. The molecule has 5 rings (SSSR count). The van der Waals surface area contributed by atoms with Crippen molar-refractivity contribution in [3.8, 4) is 5.69 Å². The average molecular weight is 487 g/mol. The summed E-state index contributed by atoms with van der Waals surface area (Å²) in [5.74, 6) is -0.675. The first-order valence-corrected chi connectivity index (χ1v) is 12.1. The molecular formula is C23H30N6O4S. The number of morpholine rings is 1. The van der Waals surface area contributed by atoms with E-state index in [1.807, 2.05) is 41.4 Å². The van der Waals surface area contributed by atoms with Gasteiger partial charge in [0.05, 0.1) is 43.0 Å². The fourth-order valence-corrected chi connectivity index (χ4v) is 5.48. The van der Waals surface area contributed by atoms with Crippen LogP contribution in [0.5, 0.6) is 0 Å². The SMILES string of the molecule is O=C(NCCN1CCOCC1)C1CC(O)C(O)C2NC(=S)N(c3ccc(-n4cccn4)cc3)C12. The van der Waals surface area contributed by atoms with Gasteiger partial charge in [0.1, 0.15) is 6.10 Å². The summed E-state index contributed by atoms with van der Waals surface area (Å²) >= 11 is 5.61. The van der Waals surface area contributed by atoms with Crippen molar-refractivity contribution in [3.05, 3.63) is 42.7 Å². The number of carbonyl (C=O) groups is 1. The Hall–Kier alpha value is -2.57. The molecule has 2 saturated heterocycles. The molecule has 3 heterocycles. The van der Waals surface area contributed by atoms with Gasteiger partial charge in [-0.15, -0.1) is 0 Å². The van der Waals surface area contributed by atoms with E-state index in [-0.39, 0.29) is 12.3 Å². The molecule has 1 aromatic carbocycles. The zero-order valence-electron chi connectivity index (χ0n) is 18.8. The first-order valence-electron chi connectivity index (χ1n) is 11.7. The summed E-state index contributed by atoms with van der Waals surface area (Å²) in [4.78, 5) is 17.4. The summed E-state index contributed by atoms with van der Waals surface area (Å²) in [6.07, 6.45) is 1.72. The molecule has 5 unspecified atom stereocenters. The van der Waals surface area contributed by atoms with Crippen LogP contribution in [-0.4, -0.2) is 99.6 Å². The van der Waals surface area contributed by atoms with Gasteiger partial charge < -0.3 is 30.5 Å². The molecule has 4 N–H and O–H groups in total. The zero-order chi connectivity index (χ0) is 23.7. The molecule has 3 aliphatic rings. The number of anilines is 1. The molecule has 1 amide bonds.